The molecule has 2 heterocycles. The van der Waals surface area contributed by atoms with Gasteiger partial charge in [0, 0.05) is 34.1 Å². The lowest BCUT2D eigenvalue weighted by Crippen LogP contribution is -2.29. The van der Waals surface area contributed by atoms with E-state index in [0.717, 1.165) is 18.4 Å². The zero-order valence-corrected chi connectivity index (χ0v) is 10.6. The maximum Gasteiger partial charge on any atom is 0.115 e. The molecule has 4 nitrogen and oxygen atoms in total. The molecule has 2 aromatic heterocycles. The van der Waals surface area contributed by atoms with Crippen LogP contribution in [0, 0.1) is 0 Å². The fraction of sp³-hybridized carbons (Fsp3) is 0.333. The Bertz CT molecular complexity index is 455. The van der Waals surface area contributed by atoms with Crippen LogP contribution in [-0.4, -0.2) is 9.97 Å². The van der Waals surface area contributed by atoms with Crippen molar-refractivity contribution in [2.45, 2.75) is 25.8 Å². The van der Waals surface area contributed by atoms with E-state index in [1.54, 1.807) is 12.4 Å². The Morgan fingerprint density at radius 2 is 2.00 bits per heavy atom. The average Bonchev–Trinajstić information content (AvgIpc) is 2.84. The van der Waals surface area contributed by atoms with Crippen LogP contribution < -0.4 is 11.3 Å². The van der Waals surface area contributed by atoms with Gasteiger partial charge in [-0.15, -0.1) is 11.3 Å². The summed E-state index contributed by atoms with van der Waals surface area (Å²) in [7, 11) is 0. The number of aromatic nitrogens is 2. The maximum atomic E-state index is 5.59. The predicted molar refractivity (Wildman–Crippen MR) is 69.5 cm³/mol. The highest BCUT2D eigenvalue weighted by molar-refractivity contribution is 7.11. The number of aryl methyl sites for hydroxylation is 1. The molecule has 3 N–H and O–H groups in total. The van der Waals surface area contributed by atoms with Gasteiger partial charge in [-0.1, -0.05) is 6.92 Å². The lowest BCUT2D eigenvalue weighted by atomic mass is 10.1. The Kier molecular flexibility index (Phi) is 4.19. The Morgan fingerprint density at radius 3 is 2.59 bits per heavy atom. The molecule has 0 aliphatic carbocycles. The molecule has 0 radical (unpaired) electrons. The van der Waals surface area contributed by atoms with Crippen LogP contribution in [0.1, 0.15) is 28.3 Å². The molecule has 0 amide bonds. The lowest BCUT2D eigenvalue weighted by Gasteiger charge is -2.14. The van der Waals surface area contributed by atoms with Gasteiger partial charge in [-0.05, 0) is 18.6 Å². The second kappa shape index (κ2) is 5.86. The van der Waals surface area contributed by atoms with Gasteiger partial charge in [-0.25, -0.2) is 9.97 Å². The van der Waals surface area contributed by atoms with Gasteiger partial charge < -0.3 is 0 Å². The fourth-order valence-electron chi connectivity index (χ4n) is 1.69. The highest BCUT2D eigenvalue weighted by atomic mass is 32.1. The molecule has 1 unspecified atom stereocenters. The van der Waals surface area contributed by atoms with Gasteiger partial charge >= 0.3 is 0 Å². The fourth-order valence-corrected chi connectivity index (χ4v) is 2.69. The molecule has 0 bridgehead atoms. The molecule has 0 fully saturated rings. The lowest BCUT2D eigenvalue weighted by molar-refractivity contribution is 0.552. The third-order valence-electron chi connectivity index (χ3n) is 2.66. The largest absolute Gasteiger partial charge is 0.271 e. The van der Waals surface area contributed by atoms with Crippen LogP contribution in [0.3, 0.4) is 0 Å². The SMILES string of the molecule is CCc1ccc(CC(NN)c2cncnc2)s1. The average molecular weight is 248 g/mol. The zero-order valence-electron chi connectivity index (χ0n) is 9.76. The summed E-state index contributed by atoms with van der Waals surface area (Å²) in [5.41, 5.74) is 3.84. The molecule has 5 heteroatoms. The topological polar surface area (TPSA) is 63.8 Å². The number of hydrogen-bond donors (Lipinski definition) is 2. The first-order valence-corrected chi connectivity index (χ1v) is 6.43. The van der Waals surface area contributed by atoms with E-state index in [2.05, 4.69) is 34.5 Å². The van der Waals surface area contributed by atoms with Crippen LogP contribution >= 0.6 is 11.3 Å². The molecule has 2 aromatic rings. The van der Waals surface area contributed by atoms with Gasteiger partial charge in [0.2, 0.25) is 0 Å². The van der Waals surface area contributed by atoms with Crippen molar-refractivity contribution in [2.24, 2.45) is 5.84 Å². The number of hydrogen-bond acceptors (Lipinski definition) is 5. The molecule has 0 aliphatic heterocycles. The van der Waals surface area contributed by atoms with Gasteiger partial charge in [0.25, 0.3) is 0 Å². The third-order valence-corrected chi connectivity index (χ3v) is 3.91. The second-order valence-corrected chi connectivity index (χ2v) is 5.07. The van der Waals surface area contributed by atoms with E-state index in [1.807, 2.05) is 11.3 Å². The number of rotatable bonds is 5. The summed E-state index contributed by atoms with van der Waals surface area (Å²) in [4.78, 5) is 10.8. The number of thiophene rings is 1. The van der Waals surface area contributed by atoms with Crippen LogP contribution in [0.5, 0.6) is 0 Å². The summed E-state index contributed by atoms with van der Waals surface area (Å²) < 4.78 is 0. The first-order valence-electron chi connectivity index (χ1n) is 5.62. The zero-order chi connectivity index (χ0) is 12.1. The first kappa shape index (κ1) is 12.2. The number of nitrogens with one attached hydrogen (secondary N) is 1. The predicted octanol–water partition coefficient (Wildman–Crippen LogP) is 1.85. The highest BCUT2D eigenvalue weighted by Gasteiger charge is 2.12. The summed E-state index contributed by atoms with van der Waals surface area (Å²) in [5, 5.41) is 0. The molecule has 0 aromatic carbocycles. The number of hydrazine groups is 1. The quantitative estimate of drug-likeness (QED) is 0.626. The molecule has 17 heavy (non-hydrogen) atoms. The normalized spacial score (nSPS) is 12.6. The molecular weight excluding hydrogens is 232 g/mol. The van der Waals surface area contributed by atoms with E-state index >= 15 is 0 Å². The minimum Gasteiger partial charge on any atom is -0.271 e. The summed E-state index contributed by atoms with van der Waals surface area (Å²) in [6.45, 7) is 2.17. The standard InChI is InChI=1S/C12H16N4S/c1-2-10-3-4-11(17-10)5-12(16-13)9-6-14-8-15-7-9/h3-4,6-8,12,16H,2,5,13H2,1H3. The number of nitrogens with two attached hydrogens (primary N) is 1. The maximum absolute atomic E-state index is 5.59. The van der Waals surface area contributed by atoms with Gasteiger partial charge in [-0.3, -0.25) is 11.3 Å². The minimum atomic E-state index is 0.0690. The molecule has 1 atom stereocenters. The van der Waals surface area contributed by atoms with E-state index in [1.165, 1.54) is 16.1 Å². The van der Waals surface area contributed by atoms with Crippen molar-refractivity contribution >= 4 is 11.3 Å². The Hall–Kier alpha value is -1.30. The van der Waals surface area contributed by atoms with Crippen molar-refractivity contribution < 1.29 is 0 Å². The van der Waals surface area contributed by atoms with E-state index in [9.17, 15) is 0 Å². The van der Waals surface area contributed by atoms with Gasteiger partial charge in [-0.2, -0.15) is 0 Å². The molecule has 0 saturated heterocycles. The minimum absolute atomic E-state index is 0.0690. The number of nitrogens with zero attached hydrogens (tertiary/aromatic N) is 2. The van der Waals surface area contributed by atoms with Crippen LogP contribution in [0.15, 0.2) is 30.9 Å². The smallest absolute Gasteiger partial charge is 0.115 e. The van der Waals surface area contributed by atoms with E-state index in [4.69, 9.17) is 5.84 Å². The van der Waals surface area contributed by atoms with Gasteiger partial charge in [0.15, 0.2) is 0 Å². The first-order chi connectivity index (χ1) is 8.33. The van der Waals surface area contributed by atoms with Crippen molar-refractivity contribution in [3.63, 3.8) is 0 Å². The van der Waals surface area contributed by atoms with Gasteiger partial charge in [0.1, 0.15) is 6.33 Å². The second-order valence-electron chi connectivity index (χ2n) is 3.82. The van der Waals surface area contributed by atoms with Crippen molar-refractivity contribution in [3.8, 4) is 0 Å². The molecule has 90 valence electrons. The molecule has 0 saturated carbocycles. The van der Waals surface area contributed by atoms with Crippen LogP contribution in [0.25, 0.3) is 0 Å². The van der Waals surface area contributed by atoms with E-state index < -0.39 is 0 Å². The summed E-state index contributed by atoms with van der Waals surface area (Å²) in [6, 6.07) is 4.41. The molecule has 0 spiro atoms. The molecule has 0 aliphatic rings. The van der Waals surface area contributed by atoms with E-state index in [0.29, 0.717) is 0 Å². The molecule has 2 rings (SSSR count). The monoisotopic (exact) mass is 248 g/mol. The van der Waals surface area contributed by atoms with Crippen molar-refractivity contribution in [3.05, 3.63) is 46.2 Å². The Labute approximate surface area is 105 Å². The molecular formula is C12H16N4S. The van der Waals surface area contributed by atoms with Crippen LogP contribution in [-0.2, 0) is 12.8 Å². The third kappa shape index (κ3) is 3.09. The summed E-state index contributed by atoms with van der Waals surface area (Å²) >= 11 is 1.83. The van der Waals surface area contributed by atoms with Crippen molar-refractivity contribution in [2.75, 3.05) is 0 Å². The summed E-state index contributed by atoms with van der Waals surface area (Å²) in [5.74, 6) is 5.59. The highest BCUT2D eigenvalue weighted by Crippen LogP contribution is 2.23. The summed E-state index contributed by atoms with van der Waals surface area (Å²) in [6.07, 6.45) is 7.07. The van der Waals surface area contributed by atoms with Crippen LogP contribution in [0.2, 0.25) is 0 Å². The van der Waals surface area contributed by atoms with Crippen molar-refractivity contribution in [1.82, 2.24) is 15.4 Å². The Balaban J connectivity index is 2.10. The van der Waals surface area contributed by atoms with E-state index in [-0.39, 0.29) is 6.04 Å². The van der Waals surface area contributed by atoms with Gasteiger partial charge in [0.05, 0.1) is 6.04 Å². The Morgan fingerprint density at radius 1 is 1.29 bits per heavy atom. The van der Waals surface area contributed by atoms with Crippen molar-refractivity contribution in [1.29, 1.82) is 0 Å². The van der Waals surface area contributed by atoms with Crippen LogP contribution in [0.4, 0.5) is 0 Å².